The standard InChI is InChI=1S/C25H28N2O3S/c1-5-30-25(28)23-21-8-6-7-9-22(21)31-24(23)26-15-18-14-16(2)27(17(18)3)19-10-12-20(29-4)13-11-19/h10-15H,5-9H2,1-4H3. The number of carbonyl (C=O) groups excluding carboxylic acids is 1. The summed E-state index contributed by atoms with van der Waals surface area (Å²) in [5.41, 5.74) is 6.15. The molecule has 2 aromatic heterocycles. The predicted molar refractivity (Wildman–Crippen MR) is 126 cm³/mol. The van der Waals surface area contributed by atoms with Crippen molar-refractivity contribution < 1.29 is 14.3 Å². The Morgan fingerprint density at radius 1 is 1.19 bits per heavy atom. The summed E-state index contributed by atoms with van der Waals surface area (Å²) in [7, 11) is 1.67. The Kier molecular flexibility index (Phi) is 6.28. The molecule has 1 aliphatic rings. The SMILES string of the molecule is CCOC(=O)c1c(N=Cc2cc(C)n(-c3ccc(OC)cc3)c2C)sc2c1CCCC2. The summed E-state index contributed by atoms with van der Waals surface area (Å²) in [4.78, 5) is 18.7. The van der Waals surface area contributed by atoms with Gasteiger partial charge in [-0.15, -0.1) is 11.3 Å². The number of hydrogen-bond acceptors (Lipinski definition) is 5. The summed E-state index contributed by atoms with van der Waals surface area (Å²) >= 11 is 1.63. The van der Waals surface area contributed by atoms with Crippen molar-refractivity contribution in [1.82, 2.24) is 4.57 Å². The number of benzene rings is 1. The highest BCUT2D eigenvalue weighted by atomic mass is 32.1. The van der Waals surface area contributed by atoms with E-state index < -0.39 is 0 Å². The van der Waals surface area contributed by atoms with E-state index in [-0.39, 0.29) is 5.97 Å². The van der Waals surface area contributed by atoms with Gasteiger partial charge in [-0.25, -0.2) is 9.79 Å². The van der Waals surface area contributed by atoms with Crippen molar-refractivity contribution in [3.63, 3.8) is 0 Å². The fourth-order valence-electron chi connectivity index (χ4n) is 4.23. The molecule has 5 nitrogen and oxygen atoms in total. The maximum atomic E-state index is 12.7. The number of aryl methyl sites for hydroxylation is 2. The fourth-order valence-corrected chi connectivity index (χ4v) is 5.45. The third kappa shape index (κ3) is 4.17. The first-order valence-electron chi connectivity index (χ1n) is 10.7. The Morgan fingerprint density at radius 2 is 1.94 bits per heavy atom. The van der Waals surface area contributed by atoms with Gasteiger partial charge in [0.25, 0.3) is 0 Å². The van der Waals surface area contributed by atoms with Gasteiger partial charge in [0.05, 0.1) is 19.3 Å². The largest absolute Gasteiger partial charge is 0.497 e. The van der Waals surface area contributed by atoms with Crippen molar-refractivity contribution >= 4 is 28.5 Å². The number of rotatable bonds is 6. The Balaban J connectivity index is 1.69. The highest BCUT2D eigenvalue weighted by Crippen LogP contribution is 2.40. The third-order valence-electron chi connectivity index (χ3n) is 5.75. The van der Waals surface area contributed by atoms with Gasteiger partial charge in [-0.2, -0.15) is 0 Å². The van der Waals surface area contributed by atoms with Gasteiger partial charge >= 0.3 is 5.97 Å². The minimum Gasteiger partial charge on any atom is -0.497 e. The number of esters is 1. The minimum atomic E-state index is -0.252. The van der Waals surface area contributed by atoms with Gasteiger partial charge in [-0.3, -0.25) is 0 Å². The second-order valence-corrected chi connectivity index (χ2v) is 8.81. The summed E-state index contributed by atoms with van der Waals surface area (Å²) in [6.45, 7) is 6.38. The molecule has 4 rings (SSSR count). The maximum Gasteiger partial charge on any atom is 0.341 e. The van der Waals surface area contributed by atoms with Crippen LogP contribution in [0.5, 0.6) is 5.75 Å². The molecule has 6 heteroatoms. The van der Waals surface area contributed by atoms with Crippen LogP contribution in [0, 0.1) is 13.8 Å². The Labute approximate surface area is 187 Å². The molecule has 0 saturated heterocycles. The van der Waals surface area contributed by atoms with Crippen LogP contribution in [0.15, 0.2) is 35.3 Å². The van der Waals surface area contributed by atoms with Gasteiger partial charge < -0.3 is 14.0 Å². The van der Waals surface area contributed by atoms with Crippen molar-refractivity contribution in [2.24, 2.45) is 4.99 Å². The highest BCUT2D eigenvalue weighted by Gasteiger charge is 2.26. The quantitative estimate of drug-likeness (QED) is 0.353. The van der Waals surface area contributed by atoms with Crippen LogP contribution < -0.4 is 4.74 Å². The Hall–Kier alpha value is -2.86. The van der Waals surface area contributed by atoms with E-state index in [1.54, 1.807) is 18.4 Å². The fraction of sp³-hybridized carbons (Fsp3) is 0.360. The van der Waals surface area contributed by atoms with Crippen molar-refractivity contribution in [2.75, 3.05) is 13.7 Å². The molecule has 0 bridgehead atoms. The molecule has 162 valence electrons. The van der Waals surface area contributed by atoms with Gasteiger partial charge in [-0.1, -0.05) is 0 Å². The molecular weight excluding hydrogens is 408 g/mol. The molecule has 0 atom stereocenters. The number of methoxy groups -OCH3 is 1. The van der Waals surface area contributed by atoms with Crippen molar-refractivity contribution in [1.29, 1.82) is 0 Å². The molecule has 31 heavy (non-hydrogen) atoms. The first-order valence-corrected chi connectivity index (χ1v) is 11.5. The number of fused-ring (bicyclic) bond motifs is 1. The molecule has 1 aromatic carbocycles. The molecular formula is C25H28N2O3S. The molecule has 1 aliphatic carbocycles. The second kappa shape index (κ2) is 9.10. The molecule has 0 amide bonds. The lowest BCUT2D eigenvalue weighted by atomic mass is 9.95. The highest BCUT2D eigenvalue weighted by molar-refractivity contribution is 7.16. The summed E-state index contributed by atoms with van der Waals surface area (Å²) in [6, 6.07) is 10.1. The van der Waals surface area contributed by atoms with Crippen molar-refractivity contribution in [3.05, 3.63) is 63.3 Å². The molecule has 0 N–H and O–H groups in total. The van der Waals surface area contributed by atoms with E-state index in [1.807, 2.05) is 37.4 Å². The summed E-state index contributed by atoms with van der Waals surface area (Å²) in [5.74, 6) is 0.582. The van der Waals surface area contributed by atoms with E-state index in [1.165, 1.54) is 11.3 Å². The van der Waals surface area contributed by atoms with E-state index in [2.05, 4.69) is 24.5 Å². The van der Waals surface area contributed by atoms with E-state index in [0.717, 1.165) is 58.2 Å². The van der Waals surface area contributed by atoms with Crippen molar-refractivity contribution in [3.8, 4) is 11.4 Å². The van der Waals surface area contributed by atoms with Crippen LogP contribution >= 0.6 is 11.3 Å². The van der Waals surface area contributed by atoms with Gasteiger partial charge in [-0.05, 0) is 82.3 Å². The van der Waals surface area contributed by atoms with Gasteiger partial charge in [0.15, 0.2) is 0 Å². The van der Waals surface area contributed by atoms with Crippen molar-refractivity contribution in [2.45, 2.75) is 46.5 Å². The number of ether oxygens (including phenoxy) is 2. The Bertz CT molecular complexity index is 1120. The number of thiophene rings is 1. The zero-order valence-corrected chi connectivity index (χ0v) is 19.3. The average Bonchev–Trinajstić information content (AvgIpc) is 3.29. The van der Waals surface area contributed by atoms with Crippen LogP contribution in [0.2, 0.25) is 0 Å². The molecule has 0 fully saturated rings. The second-order valence-electron chi connectivity index (χ2n) is 7.73. The van der Waals surface area contributed by atoms with Crippen LogP contribution in [0.3, 0.4) is 0 Å². The average molecular weight is 437 g/mol. The molecule has 3 aromatic rings. The number of aliphatic imine (C=N–C) groups is 1. The third-order valence-corrected chi connectivity index (χ3v) is 6.95. The lowest BCUT2D eigenvalue weighted by Gasteiger charge is -2.11. The normalized spacial score (nSPS) is 13.4. The first-order chi connectivity index (χ1) is 15.0. The zero-order valence-electron chi connectivity index (χ0n) is 18.5. The van der Waals surface area contributed by atoms with E-state index in [0.29, 0.717) is 12.2 Å². The monoisotopic (exact) mass is 436 g/mol. The summed E-state index contributed by atoms with van der Waals surface area (Å²) in [6.07, 6.45) is 6.11. The first kappa shape index (κ1) is 21.4. The van der Waals surface area contributed by atoms with Crippen LogP contribution in [-0.2, 0) is 17.6 Å². The van der Waals surface area contributed by atoms with Gasteiger partial charge in [0, 0.05) is 33.7 Å². The number of hydrogen-bond donors (Lipinski definition) is 0. The summed E-state index contributed by atoms with van der Waals surface area (Å²) < 4.78 is 12.8. The topological polar surface area (TPSA) is 52.8 Å². The lowest BCUT2D eigenvalue weighted by Crippen LogP contribution is -2.09. The lowest BCUT2D eigenvalue weighted by molar-refractivity contribution is 0.0526. The van der Waals surface area contributed by atoms with E-state index in [4.69, 9.17) is 14.5 Å². The maximum absolute atomic E-state index is 12.7. The van der Waals surface area contributed by atoms with Crippen LogP contribution in [0.25, 0.3) is 5.69 Å². The summed E-state index contributed by atoms with van der Waals surface area (Å²) in [5, 5.41) is 0.764. The smallest absolute Gasteiger partial charge is 0.341 e. The number of nitrogens with zero attached hydrogens (tertiary/aromatic N) is 2. The van der Waals surface area contributed by atoms with Gasteiger partial charge in [0.1, 0.15) is 10.8 Å². The molecule has 0 saturated carbocycles. The van der Waals surface area contributed by atoms with E-state index in [9.17, 15) is 4.79 Å². The minimum absolute atomic E-state index is 0.252. The zero-order chi connectivity index (χ0) is 22.0. The van der Waals surface area contributed by atoms with Crippen LogP contribution in [0.4, 0.5) is 5.00 Å². The molecule has 0 spiro atoms. The molecule has 0 radical (unpaired) electrons. The molecule has 0 unspecified atom stereocenters. The van der Waals surface area contributed by atoms with Gasteiger partial charge in [0.2, 0.25) is 0 Å². The number of carbonyl (C=O) groups is 1. The van der Waals surface area contributed by atoms with Crippen LogP contribution in [-0.4, -0.2) is 30.5 Å². The van der Waals surface area contributed by atoms with Crippen LogP contribution in [0.1, 0.15) is 57.5 Å². The predicted octanol–water partition coefficient (Wildman–Crippen LogP) is 5.97. The molecule has 0 aliphatic heterocycles. The Morgan fingerprint density at radius 3 is 2.65 bits per heavy atom. The molecule has 2 heterocycles. The number of aromatic nitrogens is 1. The van der Waals surface area contributed by atoms with E-state index >= 15 is 0 Å².